The molecule has 0 rings (SSSR count). The third-order valence-electron chi connectivity index (χ3n) is 0.801. The van der Waals surface area contributed by atoms with Crippen molar-refractivity contribution in [2.24, 2.45) is 0 Å². The minimum atomic E-state index is 1.13. The van der Waals surface area contributed by atoms with Crippen LogP contribution in [-0.4, -0.2) is 0 Å². The van der Waals surface area contributed by atoms with Gasteiger partial charge in [-0.1, -0.05) is 30.7 Å². The van der Waals surface area contributed by atoms with E-state index < -0.39 is 0 Å². The molecular formula is C10H16. The lowest BCUT2D eigenvalue weighted by molar-refractivity contribution is 1.22. The van der Waals surface area contributed by atoms with Crippen LogP contribution in [0.25, 0.3) is 0 Å². The normalized spacial score (nSPS) is 8.10. The topological polar surface area (TPSA) is 0 Å². The molecule has 0 aromatic rings. The van der Waals surface area contributed by atoms with Gasteiger partial charge < -0.3 is 0 Å². The van der Waals surface area contributed by atoms with E-state index in [0.717, 1.165) is 6.42 Å². The Morgan fingerprint density at radius 3 is 2.10 bits per heavy atom. The van der Waals surface area contributed by atoms with E-state index in [-0.39, 0.29) is 0 Å². The van der Waals surface area contributed by atoms with E-state index in [1.807, 2.05) is 0 Å². The molecule has 0 heteroatoms. The Bertz CT molecular complexity index is 120. The van der Waals surface area contributed by atoms with Gasteiger partial charge in [0, 0.05) is 0 Å². The summed E-state index contributed by atoms with van der Waals surface area (Å²) in [5.41, 5.74) is 1.36. The zero-order valence-corrected chi connectivity index (χ0v) is 7.09. The van der Waals surface area contributed by atoms with Crippen LogP contribution in [0, 0.1) is 12.8 Å². The predicted molar refractivity (Wildman–Crippen MR) is 48.8 cm³/mol. The standard InChI is InChI=1S/C8H14.C2H2/c1-4-5-6-7-8(2)3;1-2/h5-7H,4H2,1-3H3;1-2H/b6-5-;. The smallest absolute Gasteiger partial charge is 0.0376 e. The molecule has 0 bridgehead atoms. The number of hydrogen-bond donors (Lipinski definition) is 0. The van der Waals surface area contributed by atoms with Gasteiger partial charge in [-0.05, 0) is 20.3 Å². The molecule has 0 unspecified atom stereocenters. The Kier molecular flexibility index (Phi) is 12.9. The Hall–Kier alpha value is -0.960. The maximum absolute atomic E-state index is 4.00. The van der Waals surface area contributed by atoms with Crippen LogP contribution in [0.1, 0.15) is 27.2 Å². The fourth-order valence-electron chi connectivity index (χ4n) is 0.397. The minimum absolute atomic E-state index is 1.13. The van der Waals surface area contributed by atoms with Crippen molar-refractivity contribution in [3.8, 4) is 12.8 Å². The Morgan fingerprint density at radius 2 is 1.80 bits per heavy atom. The fourth-order valence-corrected chi connectivity index (χ4v) is 0.397. The summed E-state index contributed by atoms with van der Waals surface area (Å²) in [5, 5.41) is 0. The highest BCUT2D eigenvalue weighted by Gasteiger charge is 1.67. The molecule has 0 aromatic carbocycles. The maximum atomic E-state index is 4.00. The monoisotopic (exact) mass is 136 g/mol. The molecule has 10 heavy (non-hydrogen) atoms. The first kappa shape index (κ1) is 11.8. The van der Waals surface area contributed by atoms with Crippen LogP contribution in [0.4, 0.5) is 0 Å². The lowest BCUT2D eigenvalue weighted by atomic mass is 10.3. The zero-order chi connectivity index (χ0) is 8.41. The predicted octanol–water partition coefficient (Wildman–Crippen LogP) is 3.17. The second-order valence-electron chi connectivity index (χ2n) is 2.08. The second kappa shape index (κ2) is 10.9. The number of rotatable bonds is 2. The molecule has 0 aliphatic carbocycles. The van der Waals surface area contributed by atoms with E-state index in [1.165, 1.54) is 5.57 Å². The van der Waals surface area contributed by atoms with Crippen molar-refractivity contribution in [2.45, 2.75) is 27.2 Å². The summed E-state index contributed by atoms with van der Waals surface area (Å²) in [6.07, 6.45) is 15.5. The molecule has 0 amide bonds. The molecule has 0 spiro atoms. The van der Waals surface area contributed by atoms with Crippen molar-refractivity contribution in [3.63, 3.8) is 0 Å². The van der Waals surface area contributed by atoms with Gasteiger partial charge in [-0.15, -0.1) is 12.8 Å². The van der Waals surface area contributed by atoms with Gasteiger partial charge in [-0.2, -0.15) is 0 Å². The number of terminal acetylenes is 1. The first-order valence-corrected chi connectivity index (χ1v) is 3.40. The number of allylic oxidation sites excluding steroid dienone is 4. The highest BCUT2D eigenvalue weighted by atomic mass is 13.7. The molecule has 0 aliphatic rings. The Morgan fingerprint density at radius 1 is 1.30 bits per heavy atom. The molecule has 0 heterocycles. The highest BCUT2D eigenvalue weighted by Crippen LogP contribution is 1.89. The fraction of sp³-hybridized carbons (Fsp3) is 0.400. The quantitative estimate of drug-likeness (QED) is 0.404. The molecule has 0 fully saturated rings. The van der Waals surface area contributed by atoms with Crippen LogP contribution < -0.4 is 0 Å². The molecule has 0 nitrogen and oxygen atoms in total. The van der Waals surface area contributed by atoms with E-state index in [0.29, 0.717) is 0 Å². The summed E-state index contributed by atoms with van der Waals surface area (Å²) in [7, 11) is 0. The van der Waals surface area contributed by atoms with Gasteiger partial charge >= 0.3 is 0 Å². The van der Waals surface area contributed by atoms with Crippen molar-refractivity contribution in [2.75, 3.05) is 0 Å². The summed E-state index contributed by atoms with van der Waals surface area (Å²) in [4.78, 5) is 0. The first-order chi connectivity index (χ1) is 4.77. The maximum Gasteiger partial charge on any atom is -0.0376 e. The van der Waals surface area contributed by atoms with Crippen LogP contribution in [0.5, 0.6) is 0 Å². The average molecular weight is 136 g/mol. The lowest BCUT2D eigenvalue weighted by Crippen LogP contribution is -1.58. The van der Waals surface area contributed by atoms with E-state index in [9.17, 15) is 0 Å². The van der Waals surface area contributed by atoms with Crippen LogP contribution in [0.3, 0.4) is 0 Å². The summed E-state index contributed by atoms with van der Waals surface area (Å²) in [5.74, 6) is 0. The van der Waals surface area contributed by atoms with E-state index in [1.54, 1.807) is 0 Å². The largest absolute Gasteiger partial charge is 0.124 e. The first-order valence-electron chi connectivity index (χ1n) is 3.40. The lowest BCUT2D eigenvalue weighted by Gasteiger charge is -1.80. The van der Waals surface area contributed by atoms with Crippen molar-refractivity contribution < 1.29 is 0 Å². The third kappa shape index (κ3) is 15.7. The van der Waals surface area contributed by atoms with Gasteiger partial charge in [0.15, 0.2) is 0 Å². The highest BCUT2D eigenvalue weighted by molar-refractivity contribution is 5.07. The average Bonchev–Trinajstić information content (AvgIpc) is 1.92. The molecule has 0 N–H and O–H groups in total. The Labute approximate surface area is 64.6 Å². The van der Waals surface area contributed by atoms with Crippen LogP contribution in [0.2, 0.25) is 0 Å². The van der Waals surface area contributed by atoms with E-state index in [2.05, 4.69) is 51.8 Å². The van der Waals surface area contributed by atoms with Gasteiger partial charge in [-0.3, -0.25) is 0 Å². The van der Waals surface area contributed by atoms with Gasteiger partial charge in [0.2, 0.25) is 0 Å². The van der Waals surface area contributed by atoms with Crippen LogP contribution in [0.15, 0.2) is 23.8 Å². The molecule has 0 saturated carbocycles. The van der Waals surface area contributed by atoms with E-state index in [4.69, 9.17) is 0 Å². The molecule has 56 valence electrons. The van der Waals surface area contributed by atoms with Gasteiger partial charge in [0.05, 0.1) is 0 Å². The second-order valence-corrected chi connectivity index (χ2v) is 2.08. The van der Waals surface area contributed by atoms with Gasteiger partial charge in [0.25, 0.3) is 0 Å². The molecule has 0 atom stereocenters. The van der Waals surface area contributed by atoms with Crippen molar-refractivity contribution in [1.82, 2.24) is 0 Å². The van der Waals surface area contributed by atoms with Gasteiger partial charge in [0.1, 0.15) is 0 Å². The summed E-state index contributed by atoms with van der Waals surface area (Å²) < 4.78 is 0. The number of hydrogen-bond acceptors (Lipinski definition) is 0. The summed E-state index contributed by atoms with van der Waals surface area (Å²) in [6.45, 7) is 6.33. The molecule has 0 radical (unpaired) electrons. The molecule has 0 saturated heterocycles. The summed E-state index contributed by atoms with van der Waals surface area (Å²) >= 11 is 0. The Balaban J connectivity index is 0. The molecule has 0 aliphatic heterocycles. The zero-order valence-electron chi connectivity index (χ0n) is 7.09. The SMILES string of the molecule is C#C.CC/C=C\C=C(C)C. The van der Waals surface area contributed by atoms with Gasteiger partial charge in [-0.25, -0.2) is 0 Å². The molecule has 0 aromatic heterocycles. The van der Waals surface area contributed by atoms with Crippen molar-refractivity contribution >= 4 is 0 Å². The summed E-state index contributed by atoms with van der Waals surface area (Å²) in [6, 6.07) is 0. The van der Waals surface area contributed by atoms with Crippen LogP contribution >= 0.6 is 0 Å². The van der Waals surface area contributed by atoms with E-state index >= 15 is 0 Å². The third-order valence-corrected chi connectivity index (χ3v) is 0.801. The minimum Gasteiger partial charge on any atom is -0.124 e. The van der Waals surface area contributed by atoms with Crippen LogP contribution in [-0.2, 0) is 0 Å². The van der Waals surface area contributed by atoms with Crippen molar-refractivity contribution in [1.29, 1.82) is 0 Å². The molecular weight excluding hydrogens is 120 g/mol. The van der Waals surface area contributed by atoms with Crippen molar-refractivity contribution in [3.05, 3.63) is 23.8 Å².